The lowest BCUT2D eigenvalue weighted by Crippen LogP contribution is -2.50. The topological polar surface area (TPSA) is 100 Å². The number of nitrogens with one attached hydrogen (secondary N) is 1. The summed E-state index contributed by atoms with van der Waals surface area (Å²) in [7, 11) is 0. The third-order valence-corrected chi connectivity index (χ3v) is 6.79. The van der Waals surface area contributed by atoms with E-state index in [1.807, 2.05) is 52.1 Å². The summed E-state index contributed by atoms with van der Waals surface area (Å²) in [6.45, 7) is 12.7. The van der Waals surface area contributed by atoms with E-state index in [9.17, 15) is 4.79 Å². The summed E-state index contributed by atoms with van der Waals surface area (Å²) in [6.07, 6.45) is 4.03. The summed E-state index contributed by atoms with van der Waals surface area (Å²) in [4.78, 5) is 38.2. The second kappa shape index (κ2) is 10.5. The van der Waals surface area contributed by atoms with Crippen LogP contribution >= 0.6 is 0 Å². The molecule has 0 radical (unpaired) electrons. The Morgan fingerprint density at radius 3 is 2.53 bits per heavy atom. The van der Waals surface area contributed by atoms with Crippen molar-refractivity contribution in [1.82, 2.24) is 34.7 Å². The highest BCUT2D eigenvalue weighted by atomic mass is 16.6. The van der Waals surface area contributed by atoms with Crippen LogP contribution in [-0.4, -0.2) is 72.6 Å². The van der Waals surface area contributed by atoms with Gasteiger partial charge in [-0.15, -0.1) is 0 Å². The summed E-state index contributed by atoms with van der Waals surface area (Å²) < 4.78 is 5.53. The summed E-state index contributed by atoms with van der Waals surface area (Å²) in [5, 5.41) is 0. The van der Waals surface area contributed by atoms with Crippen LogP contribution in [0.2, 0.25) is 0 Å². The van der Waals surface area contributed by atoms with Gasteiger partial charge in [0.05, 0.1) is 16.7 Å². The van der Waals surface area contributed by atoms with Crippen LogP contribution in [0.4, 0.5) is 4.79 Å². The molecule has 9 nitrogen and oxygen atoms in total. The predicted molar refractivity (Wildman–Crippen MR) is 147 cm³/mol. The third-order valence-electron chi connectivity index (χ3n) is 6.79. The fourth-order valence-corrected chi connectivity index (χ4v) is 4.78. The molecule has 1 atom stereocenters. The molecule has 3 aromatic heterocycles. The number of ether oxygens (including phenoxy) is 1. The van der Waals surface area contributed by atoms with Crippen LogP contribution in [0.5, 0.6) is 0 Å². The molecule has 1 aliphatic heterocycles. The lowest BCUT2D eigenvalue weighted by Gasteiger charge is -2.38. The van der Waals surface area contributed by atoms with Crippen molar-refractivity contribution >= 4 is 17.1 Å². The normalized spacial score (nSPS) is 15.6. The van der Waals surface area contributed by atoms with Gasteiger partial charge in [0.1, 0.15) is 17.2 Å². The molecule has 1 saturated heterocycles. The maximum absolute atomic E-state index is 12.4. The minimum absolute atomic E-state index is 0.215. The van der Waals surface area contributed by atoms with Gasteiger partial charge in [-0.1, -0.05) is 6.07 Å². The lowest BCUT2D eigenvalue weighted by atomic mass is 10.1. The quantitative estimate of drug-likeness (QED) is 0.404. The van der Waals surface area contributed by atoms with E-state index in [0.717, 1.165) is 52.7 Å². The number of nitrogens with zero attached hydrogens (tertiary/aromatic N) is 6. The fourth-order valence-electron chi connectivity index (χ4n) is 4.78. The molecule has 198 valence electrons. The number of aromatic nitrogens is 5. The molecule has 0 bridgehead atoms. The van der Waals surface area contributed by atoms with Crippen LogP contribution in [0.15, 0.2) is 48.8 Å². The smallest absolute Gasteiger partial charge is 0.410 e. The third kappa shape index (κ3) is 5.99. The predicted octanol–water partition coefficient (Wildman–Crippen LogP) is 4.93. The van der Waals surface area contributed by atoms with Crippen molar-refractivity contribution in [1.29, 1.82) is 0 Å². The number of aromatic amines is 1. The van der Waals surface area contributed by atoms with Gasteiger partial charge in [-0.25, -0.2) is 19.7 Å². The van der Waals surface area contributed by atoms with Crippen molar-refractivity contribution in [3.63, 3.8) is 0 Å². The van der Waals surface area contributed by atoms with Gasteiger partial charge in [-0.2, -0.15) is 0 Å². The number of carbonyl (C=O) groups excluding carboxylic acids is 1. The minimum atomic E-state index is -0.479. The zero-order valence-corrected chi connectivity index (χ0v) is 22.7. The SMILES string of the molecule is Cc1nccc(-c2ccc3nc(Cc4cc(C(C)N5CCN(C(=O)OC(C)(C)C)CC5)ccn4)[nH]c3c2)n1. The van der Waals surface area contributed by atoms with E-state index >= 15 is 0 Å². The molecule has 1 fully saturated rings. The molecule has 4 aromatic rings. The van der Waals surface area contributed by atoms with E-state index in [1.165, 1.54) is 5.56 Å². The van der Waals surface area contributed by atoms with Gasteiger partial charge < -0.3 is 14.6 Å². The molecular formula is C29H35N7O2. The number of carbonyl (C=O) groups is 1. The highest BCUT2D eigenvalue weighted by molar-refractivity contribution is 5.81. The molecule has 1 amide bonds. The summed E-state index contributed by atoms with van der Waals surface area (Å²) in [5.74, 6) is 1.62. The van der Waals surface area contributed by atoms with E-state index in [0.29, 0.717) is 19.5 Å². The van der Waals surface area contributed by atoms with E-state index in [1.54, 1.807) is 11.1 Å². The Hall–Kier alpha value is -3.85. The molecule has 0 spiro atoms. The number of rotatable bonds is 5. The van der Waals surface area contributed by atoms with Gasteiger partial charge in [0.2, 0.25) is 0 Å². The molecule has 9 heteroatoms. The number of imidazole rings is 1. The minimum Gasteiger partial charge on any atom is -0.444 e. The van der Waals surface area contributed by atoms with Crippen LogP contribution in [0.25, 0.3) is 22.3 Å². The van der Waals surface area contributed by atoms with Crippen LogP contribution in [0.3, 0.4) is 0 Å². The van der Waals surface area contributed by atoms with Crippen molar-refractivity contribution in [2.75, 3.05) is 26.2 Å². The van der Waals surface area contributed by atoms with E-state index in [-0.39, 0.29) is 12.1 Å². The number of aryl methyl sites for hydroxylation is 1. The van der Waals surface area contributed by atoms with E-state index in [4.69, 9.17) is 9.72 Å². The van der Waals surface area contributed by atoms with Crippen LogP contribution < -0.4 is 0 Å². The highest BCUT2D eigenvalue weighted by Crippen LogP contribution is 2.25. The second-order valence-corrected chi connectivity index (χ2v) is 10.8. The molecule has 0 saturated carbocycles. The van der Waals surface area contributed by atoms with Crippen molar-refractivity contribution < 1.29 is 9.53 Å². The van der Waals surface area contributed by atoms with Gasteiger partial charge >= 0.3 is 6.09 Å². The lowest BCUT2D eigenvalue weighted by molar-refractivity contribution is 0.0110. The van der Waals surface area contributed by atoms with Crippen LogP contribution in [0.1, 0.15) is 56.6 Å². The number of piperazine rings is 1. The first-order chi connectivity index (χ1) is 18.1. The Morgan fingerprint density at radius 2 is 1.79 bits per heavy atom. The average Bonchev–Trinajstić information content (AvgIpc) is 3.29. The Kier molecular flexibility index (Phi) is 7.12. The van der Waals surface area contributed by atoms with E-state index in [2.05, 4.69) is 50.0 Å². The standard InChI is InChI=1S/C29H35N7O2/c1-19(35-12-14-36(15-13-35)28(37)38-29(3,4)5)21-8-10-31-23(16-21)18-27-33-25-7-6-22(17-26(25)34-27)24-9-11-30-20(2)32-24/h6-11,16-17,19H,12-15,18H2,1-5H3,(H,33,34). The fraction of sp³-hybridized carbons (Fsp3) is 0.414. The zero-order chi connectivity index (χ0) is 26.9. The molecule has 0 aliphatic carbocycles. The number of fused-ring (bicyclic) bond motifs is 1. The van der Waals surface area contributed by atoms with Crippen molar-refractivity contribution in [3.8, 4) is 11.3 Å². The second-order valence-electron chi connectivity index (χ2n) is 10.8. The molecule has 38 heavy (non-hydrogen) atoms. The number of hydrogen-bond donors (Lipinski definition) is 1. The molecule has 5 rings (SSSR count). The van der Waals surface area contributed by atoms with Crippen molar-refractivity contribution in [2.45, 2.75) is 52.7 Å². The van der Waals surface area contributed by atoms with Gasteiger partial charge in [0, 0.05) is 62.3 Å². The Balaban J connectivity index is 1.24. The first kappa shape index (κ1) is 25.8. The summed E-state index contributed by atoms with van der Waals surface area (Å²) >= 11 is 0. The highest BCUT2D eigenvalue weighted by Gasteiger charge is 2.28. The zero-order valence-electron chi connectivity index (χ0n) is 22.7. The molecule has 1 unspecified atom stereocenters. The Labute approximate surface area is 223 Å². The van der Waals surface area contributed by atoms with Gasteiger partial charge in [-0.3, -0.25) is 9.88 Å². The number of benzene rings is 1. The van der Waals surface area contributed by atoms with Gasteiger partial charge in [-0.05, 0) is 70.5 Å². The molecule has 1 aromatic carbocycles. The maximum atomic E-state index is 12.4. The molecule has 1 N–H and O–H groups in total. The maximum Gasteiger partial charge on any atom is 0.410 e. The van der Waals surface area contributed by atoms with Crippen LogP contribution in [0, 0.1) is 6.92 Å². The Morgan fingerprint density at radius 1 is 1.03 bits per heavy atom. The molecular weight excluding hydrogens is 478 g/mol. The van der Waals surface area contributed by atoms with Gasteiger partial charge in [0.15, 0.2) is 0 Å². The van der Waals surface area contributed by atoms with Crippen LogP contribution in [-0.2, 0) is 11.2 Å². The Bertz CT molecular complexity index is 1430. The summed E-state index contributed by atoms with van der Waals surface area (Å²) in [6, 6.07) is 12.5. The van der Waals surface area contributed by atoms with E-state index < -0.39 is 5.60 Å². The summed E-state index contributed by atoms with van der Waals surface area (Å²) in [5.41, 5.74) is 5.51. The van der Waals surface area contributed by atoms with Gasteiger partial charge in [0.25, 0.3) is 0 Å². The molecule has 4 heterocycles. The number of H-pyrrole nitrogens is 1. The van der Waals surface area contributed by atoms with Crippen molar-refractivity contribution in [3.05, 3.63) is 71.7 Å². The van der Waals surface area contributed by atoms with Crippen molar-refractivity contribution in [2.24, 2.45) is 0 Å². The monoisotopic (exact) mass is 513 g/mol. The first-order valence-electron chi connectivity index (χ1n) is 13.1. The average molecular weight is 514 g/mol. The first-order valence-corrected chi connectivity index (χ1v) is 13.1. The largest absolute Gasteiger partial charge is 0.444 e. The molecule has 1 aliphatic rings. The number of hydrogen-bond acceptors (Lipinski definition) is 7. The number of amides is 1. The number of pyridine rings is 1.